The number of halogens is 1. The zero-order valence-electron chi connectivity index (χ0n) is 13.7. The minimum absolute atomic E-state index is 0.152. The number of carbonyl (C=O) groups excluding carboxylic acids is 2. The topological polar surface area (TPSA) is 68.3 Å². The number of alkyl carbamates (subject to hydrolysis) is 1. The fourth-order valence-electron chi connectivity index (χ4n) is 1.77. The number of ether oxygens (including phenoxy) is 1. The van der Waals surface area contributed by atoms with Crippen molar-refractivity contribution in [3.63, 3.8) is 0 Å². The molecule has 0 saturated carbocycles. The molecule has 1 amide bonds. The first-order valence-corrected chi connectivity index (χ1v) is 7.15. The van der Waals surface area contributed by atoms with Crippen LogP contribution in [0.4, 0.5) is 9.18 Å². The van der Waals surface area contributed by atoms with Gasteiger partial charge in [0.25, 0.3) is 0 Å². The number of ketones is 1. The summed E-state index contributed by atoms with van der Waals surface area (Å²) < 4.78 is 18.1. The van der Waals surface area contributed by atoms with E-state index in [0.29, 0.717) is 12.1 Å². The second-order valence-electron chi connectivity index (χ2n) is 6.63. The average molecular weight is 310 g/mol. The smallest absolute Gasteiger partial charge is 0.408 e. The lowest BCUT2D eigenvalue weighted by atomic mass is 9.95. The summed E-state index contributed by atoms with van der Waals surface area (Å²) in [5, 5.41) is 2.56. The Morgan fingerprint density at radius 2 is 1.86 bits per heavy atom. The van der Waals surface area contributed by atoms with Crippen LogP contribution in [0.15, 0.2) is 18.2 Å². The first-order chi connectivity index (χ1) is 9.99. The molecule has 0 aromatic carbocycles. The number of nitrogens with zero attached hydrogens (tertiary/aromatic N) is 1. The van der Waals surface area contributed by atoms with E-state index in [0.717, 1.165) is 0 Å². The molecule has 0 aliphatic rings. The Balaban J connectivity index is 2.57. The molecule has 5 nitrogen and oxygen atoms in total. The number of aromatic nitrogens is 1. The Morgan fingerprint density at radius 3 is 2.41 bits per heavy atom. The van der Waals surface area contributed by atoms with Gasteiger partial charge in [-0.3, -0.25) is 4.79 Å². The lowest BCUT2D eigenvalue weighted by molar-refractivity contribution is -0.124. The van der Waals surface area contributed by atoms with Crippen LogP contribution in [0.5, 0.6) is 0 Å². The number of amides is 1. The Morgan fingerprint density at radius 1 is 1.23 bits per heavy atom. The third-order valence-corrected chi connectivity index (χ3v) is 2.89. The Kier molecular flexibility index (Phi) is 5.63. The second-order valence-corrected chi connectivity index (χ2v) is 6.63. The first-order valence-electron chi connectivity index (χ1n) is 7.15. The third-order valence-electron chi connectivity index (χ3n) is 2.89. The van der Waals surface area contributed by atoms with Crippen LogP contribution in [-0.4, -0.2) is 28.0 Å². The van der Waals surface area contributed by atoms with Crippen molar-refractivity contribution in [1.82, 2.24) is 10.3 Å². The van der Waals surface area contributed by atoms with Crippen molar-refractivity contribution in [1.29, 1.82) is 0 Å². The Bertz CT molecular complexity index is 551. The predicted molar refractivity (Wildman–Crippen MR) is 81.0 cm³/mol. The summed E-state index contributed by atoms with van der Waals surface area (Å²) in [4.78, 5) is 27.7. The van der Waals surface area contributed by atoms with Gasteiger partial charge >= 0.3 is 6.09 Å². The number of pyridine rings is 1. The predicted octanol–water partition coefficient (Wildman–Crippen LogP) is 3.03. The molecular weight excluding hydrogens is 287 g/mol. The fraction of sp³-hybridized carbons (Fsp3) is 0.562. The zero-order chi connectivity index (χ0) is 17.0. The molecule has 0 atom stereocenters. The van der Waals surface area contributed by atoms with Gasteiger partial charge in [-0.05, 0) is 53.2 Å². The highest BCUT2D eigenvalue weighted by Crippen LogP contribution is 2.13. The number of aryl methyl sites for hydroxylation is 1. The zero-order valence-corrected chi connectivity index (χ0v) is 13.7. The molecule has 0 unspecified atom stereocenters. The lowest BCUT2D eigenvalue weighted by Crippen LogP contribution is -2.51. The van der Waals surface area contributed by atoms with Gasteiger partial charge in [0.05, 0.1) is 5.54 Å². The summed E-state index contributed by atoms with van der Waals surface area (Å²) in [7, 11) is 0. The van der Waals surface area contributed by atoms with Gasteiger partial charge in [0.2, 0.25) is 5.95 Å². The van der Waals surface area contributed by atoms with Crippen LogP contribution < -0.4 is 5.32 Å². The first kappa shape index (κ1) is 18.1. The van der Waals surface area contributed by atoms with Crippen molar-refractivity contribution < 1.29 is 18.7 Å². The van der Waals surface area contributed by atoms with E-state index in [1.165, 1.54) is 6.07 Å². The van der Waals surface area contributed by atoms with Gasteiger partial charge in [-0.1, -0.05) is 6.07 Å². The molecule has 6 heteroatoms. The van der Waals surface area contributed by atoms with Crippen LogP contribution in [0, 0.1) is 5.95 Å². The molecule has 0 aliphatic carbocycles. The average Bonchev–Trinajstić information content (AvgIpc) is 2.32. The van der Waals surface area contributed by atoms with Crippen LogP contribution in [0.1, 0.15) is 46.7 Å². The van der Waals surface area contributed by atoms with Crippen molar-refractivity contribution in [2.45, 2.75) is 58.6 Å². The van der Waals surface area contributed by atoms with Gasteiger partial charge in [0.15, 0.2) is 5.78 Å². The summed E-state index contributed by atoms with van der Waals surface area (Å²) in [6.45, 7) is 8.46. The number of nitrogens with one attached hydrogen (secondary N) is 1. The van der Waals surface area contributed by atoms with Crippen LogP contribution in [0.25, 0.3) is 0 Å². The second kappa shape index (κ2) is 6.85. The van der Waals surface area contributed by atoms with Gasteiger partial charge in [-0.15, -0.1) is 0 Å². The van der Waals surface area contributed by atoms with Gasteiger partial charge < -0.3 is 10.1 Å². The molecule has 22 heavy (non-hydrogen) atoms. The standard InChI is InChI=1S/C16H23FN2O3/c1-15(2,3)22-14(21)19-16(4,5)12(20)10-9-11-7-6-8-13(17)18-11/h6-8H,9-10H2,1-5H3,(H,19,21). The highest BCUT2D eigenvalue weighted by Gasteiger charge is 2.30. The summed E-state index contributed by atoms with van der Waals surface area (Å²) in [5.41, 5.74) is -1.19. The van der Waals surface area contributed by atoms with Crippen LogP contribution in [0.2, 0.25) is 0 Å². The van der Waals surface area contributed by atoms with Crippen molar-refractivity contribution in [3.8, 4) is 0 Å². The SMILES string of the molecule is CC(C)(C)OC(=O)NC(C)(C)C(=O)CCc1cccc(F)n1. The number of carbonyl (C=O) groups is 2. The van der Waals surface area contributed by atoms with Gasteiger partial charge in [-0.25, -0.2) is 9.78 Å². The minimum atomic E-state index is -1.06. The van der Waals surface area contributed by atoms with E-state index >= 15 is 0 Å². The summed E-state index contributed by atoms with van der Waals surface area (Å²) in [6.07, 6.45) is -0.176. The molecule has 0 radical (unpaired) electrons. The summed E-state index contributed by atoms with van der Waals surface area (Å²) in [6, 6.07) is 4.45. The maximum absolute atomic E-state index is 13.0. The monoisotopic (exact) mass is 310 g/mol. The quantitative estimate of drug-likeness (QED) is 0.849. The van der Waals surface area contributed by atoms with E-state index in [9.17, 15) is 14.0 Å². The van der Waals surface area contributed by atoms with Gasteiger partial charge in [0, 0.05) is 12.1 Å². The lowest BCUT2D eigenvalue weighted by Gasteiger charge is -2.27. The van der Waals surface area contributed by atoms with Crippen LogP contribution in [0.3, 0.4) is 0 Å². The number of hydrogen-bond donors (Lipinski definition) is 1. The van der Waals surface area contributed by atoms with Crippen LogP contribution >= 0.6 is 0 Å². The van der Waals surface area contributed by atoms with Crippen molar-refractivity contribution in [3.05, 3.63) is 29.8 Å². The van der Waals surface area contributed by atoms with Crippen LogP contribution in [-0.2, 0) is 16.0 Å². The maximum atomic E-state index is 13.0. The minimum Gasteiger partial charge on any atom is -0.444 e. The molecule has 1 N–H and O–H groups in total. The highest BCUT2D eigenvalue weighted by molar-refractivity contribution is 5.90. The normalized spacial score (nSPS) is 11.9. The van der Waals surface area contributed by atoms with E-state index < -0.39 is 23.2 Å². The maximum Gasteiger partial charge on any atom is 0.408 e. The summed E-state index contributed by atoms with van der Waals surface area (Å²) in [5.74, 6) is -0.750. The van der Waals surface area contributed by atoms with E-state index in [1.807, 2.05) is 0 Å². The van der Waals surface area contributed by atoms with Gasteiger partial charge in [-0.2, -0.15) is 4.39 Å². The molecule has 1 rings (SSSR count). The number of hydrogen-bond acceptors (Lipinski definition) is 4. The van der Waals surface area contributed by atoms with E-state index in [-0.39, 0.29) is 12.2 Å². The largest absolute Gasteiger partial charge is 0.444 e. The molecule has 0 fully saturated rings. The van der Waals surface area contributed by atoms with Crippen molar-refractivity contribution in [2.75, 3.05) is 0 Å². The third kappa shape index (κ3) is 6.20. The Labute approximate surface area is 130 Å². The molecule has 0 saturated heterocycles. The van der Waals surface area contributed by atoms with E-state index in [4.69, 9.17) is 4.74 Å². The molecule has 1 aromatic rings. The summed E-state index contributed by atoms with van der Waals surface area (Å²) >= 11 is 0. The van der Waals surface area contributed by atoms with Crippen molar-refractivity contribution >= 4 is 11.9 Å². The molecule has 0 spiro atoms. The van der Waals surface area contributed by atoms with Gasteiger partial charge in [0.1, 0.15) is 5.60 Å². The van der Waals surface area contributed by atoms with E-state index in [1.54, 1.807) is 46.8 Å². The fourth-order valence-corrected chi connectivity index (χ4v) is 1.77. The molecule has 0 bridgehead atoms. The van der Waals surface area contributed by atoms with E-state index in [2.05, 4.69) is 10.3 Å². The molecule has 0 aliphatic heterocycles. The number of rotatable bonds is 5. The van der Waals surface area contributed by atoms with Crippen molar-refractivity contribution in [2.24, 2.45) is 0 Å². The molecule has 1 heterocycles. The highest BCUT2D eigenvalue weighted by atomic mass is 19.1. The molecular formula is C16H23FN2O3. The molecule has 1 aromatic heterocycles. The Hall–Kier alpha value is -1.98. The number of Topliss-reactive ketones (excluding diaryl/α,β-unsaturated/α-hetero) is 1. The molecule has 122 valence electrons.